The zero-order valence-corrected chi connectivity index (χ0v) is 21.4. The SMILES string of the molecule is COc1cc(/C=C2/C(=O)NC(=O)N(c3ccc(C)c(Cl)c3)C2=O)cc(Br)c1OCc1ccc(F)cc1. The molecule has 1 saturated heterocycles. The standard InChI is InChI=1S/C26H19BrClFN2O5/c1-14-3-8-18(12-21(14)28)31-25(33)19(24(32)30-26(31)34)9-16-10-20(27)23(22(11-16)35-2)36-13-15-4-6-17(29)7-5-15/h3-12H,13H2,1-2H3,(H,30,32,34)/b19-9-. The van der Waals surface area contributed by atoms with Crippen LogP contribution in [0.5, 0.6) is 11.5 Å². The zero-order valence-electron chi connectivity index (χ0n) is 19.1. The highest BCUT2D eigenvalue weighted by Gasteiger charge is 2.37. The number of ether oxygens (including phenoxy) is 2. The summed E-state index contributed by atoms with van der Waals surface area (Å²) in [6, 6.07) is 13.0. The second-order valence-electron chi connectivity index (χ2n) is 7.84. The molecule has 0 unspecified atom stereocenters. The number of carbonyl (C=O) groups is 3. The summed E-state index contributed by atoms with van der Waals surface area (Å²) in [6.07, 6.45) is 1.35. The van der Waals surface area contributed by atoms with E-state index in [9.17, 15) is 18.8 Å². The van der Waals surface area contributed by atoms with Gasteiger partial charge in [-0.2, -0.15) is 0 Å². The van der Waals surface area contributed by atoms with Gasteiger partial charge in [0.2, 0.25) is 0 Å². The van der Waals surface area contributed by atoms with Crippen molar-refractivity contribution < 1.29 is 28.2 Å². The van der Waals surface area contributed by atoms with Crippen LogP contribution in [-0.2, 0) is 16.2 Å². The number of methoxy groups -OCH3 is 1. The molecule has 0 atom stereocenters. The Balaban J connectivity index is 1.64. The Kier molecular flexibility index (Phi) is 7.42. The molecule has 4 rings (SSSR count). The molecule has 3 aromatic rings. The maximum absolute atomic E-state index is 13.2. The molecule has 1 fully saturated rings. The molecule has 4 amide bonds. The largest absolute Gasteiger partial charge is 0.493 e. The van der Waals surface area contributed by atoms with Crippen molar-refractivity contribution in [2.24, 2.45) is 0 Å². The number of benzene rings is 3. The van der Waals surface area contributed by atoms with E-state index in [-0.39, 0.29) is 23.7 Å². The van der Waals surface area contributed by atoms with Crippen LogP contribution in [0.25, 0.3) is 6.08 Å². The minimum Gasteiger partial charge on any atom is -0.493 e. The average Bonchev–Trinajstić information content (AvgIpc) is 2.84. The highest BCUT2D eigenvalue weighted by molar-refractivity contribution is 9.10. The molecule has 0 radical (unpaired) electrons. The Morgan fingerprint density at radius 2 is 1.81 bits per heavy atom. The summed E-state index contributed by atoms with van der Waals surface area (Å²) in [5.74, 6) is -1.25. The molecule has 0 aliphatic carbocycles. The summed E-state index contributed by atoms with van der Waals surface area (Å²) in [4.78, 5) is 39.0. The first-order chi connectivity index (χ1) is 17.2. The molecule has 10 heteroatoms. The predicted octanol–water partition coefficient (Wildman–Crippen LogP) is 5.80. The number of hydrogen-bond acceptors (Lipinski definition) is 5. The van der Waals surface area contributed by atoms with Gasteiger partial charge in [-0.25, -0.2) is 14.1 Å². The summed E-state index contributed by atoms with van der Waals surface area (Å²) in [5.41, 5.74) is 1.95. The lowest BCUT2D eigenvalue weighted by Gasteiger charge is -2.26. The fourth-order valence-electron chi connectivity index (χ4n) is 3.48. The first-order valence-corrected chi connectivity index (χ1v) is 11.8. The lowest BCUT2D eigenvalue weighted by Crippen LogP contribution is -2.54. The molecule has 0 bridgehead atoms. The number of anilines is 1. The molecule has 1 heterocycles. The average molecular weight is 574 g/mol. The van der Waals surface area contributed by atoms with Crippen molar-refractivity contribution in [1.82, 2.24) is 5.32 Å². The normalized spacial score (nSPS) is 14.8. The van der Waals surface area contributed by atoms with Gasteiger partial charge in [-0.3, -0.25) is 14.9 Å². The molecule has 1 N–H and O–H groups in total. The van der Waals surface area contributed by atoms with Gasteiger partial charge in [0.1, 0.15) is 18.0 Å². The third-order valence-corrected chi connectivity index (χ3v) is 6.37. The van der Waals surface area contributed by atoms with E-state index in [1.807, 2.05) is 0 Å². The van der Waals surface area contributed by atoms with E-state index < -0.39 is 17.8 Å². The maximum atomic E-state index is 13.2. The third kappa shape index (κ3) is 5.27. The number of hydrogen-bond donors (Lipinski definition) is 1. The van der Waals surface area contributed by atoms with Crippen molar-refractivity contribution in [2.45, 2.75) is 13.5 Å². The summed E-state index contributed by atoms with van der Waals surface area (Å²) in [5, 5.41) is 2.56. The molecule has 0 saturated carbocycles. The predicted molar refractivity (Wildman–Crippen MR) is 137 cm³/mol. The van der Waals surface area contributed by atoms with Crippen molar-refractivity contribution >= 4 is 57.1 Å². The Labute approximate surface area is 219 Å². The number of nitrogens with one attached hydrogen (secondary N) is 1. The van der Waals surface area contributed by atoms with E-state index in [0.717, 1.165) is 16.0 Å². The Bertz CT molecular complexity index is 1410. The molecular weight excluding hydrogens is 555 g/mol. The Morgan fingerprint density at radius 1 is 1.08 bits per heavy atom. The van der Waals surface area contributed by atoms with E-state index in [1.165, 1.54) is 31.4 Å². The van der Waals surface area contributed by atoms with Gasteiger partial charge in [-0.05, 0) is 82.0 Å². The van der Waals surface area contributed by atoms with Gasteiger partial charge in [0, 0.05) is 5.02 Å². The summed E-state index contributed by atoms with van der Waals surface area (Å²) in [6.45, 7) is 1.95. The van der Waals surface area contributed by atoms with E-state index in [0.29, 0.717) is 26.6 Å². The van der Waals surface area contributed by atoms with Crippen LogP contribution in [0, 0.1) is 12.7 Å². The maximum Gasteiger partial charge on any atom is 0.335 e. The molecule has 1 aliphatic heterocycles. The first kappa shape index (κ1) is 25.4. The summed E-state index contributed by atoms with van der Waals surface area (Å²) < 4.78 is 24.9. The van der Waals surface area contributed by atoms with Gasteiger partial charge in [-0.15, -0.1) is 0 Å². The van der Waals surface area contributed by atoms with E-state index in [2.05, 4.69) is 21.2 Å². The number of nitrogens with zero attached hydrogens (tertiary/aromatic N) is 1. The summed E-state index contributed by atoms with van der Waals surface area (Å²) >= 11 is 9.59. The van der Waals surface area contributed by atoms with E-state index in [4.69, 9.17) is 21.1 Å². The number of rotatable bonds is 6. The van der Waals surface area contributed by atoms with Crippen LogP contribution in [-0.4, -0.2) is 25.0 Å². The highest BCUT2D eigenvalue weighted by atomic mass is 79.9. The molecule has 184 valence electrons. The molecular formula is C26H19BrClFN2O5. The number of halogens is 3. The van der Waals surface area contributed by atoms with Crippen LogP contribution >= 0.6 is 27.5 Å². The van der Waals surface area contributed by atoms with Crippen LogP contribution in [0.2, 0.25) is 5.02 Å². The molecule has 0 aromatic heterocycles. The van der Waals surface area contributed by atoms with Gasteiger partial charge in [-0.1, -0.05) is 29.8 Å². The highest BCUT2D eigenvalue weighted by Crippen LogP contribution is 2.38. The number of aryl methyl sites for hydroxylation is 1. The lowest BCUT2D eigenvalue weighted by molar-refractivity contribution is -0.122. The number of imide groups is 2. The van der Waals surface area contributed by atoms with Crippen LogP contribution in [0.4, 0.5) is 14.9 Å². The summed E-state index contributed by atoms with van der Waals surface area (Å²) in [7, 11) is 1.45. The zero-order chi connectivity index (χ0) is 26.0. The molecule has 7 nitrogen and oxygen atoms in total. The van der Waals surface area contributed by atoms with Crippen LogP contribution in [0.3, 0.4) is 0 Å². The monoisotopic (exact) mass is 572 g/mol. The third-order valence-electron chi connectivity index (χ3n) is 5.37. The molecule has 3 aromatic carbocycles. The van der Waals surface area contributed by atoms with Gasteiger partial charge in [0.25, 0.3) is 11.8 Å². The van der Waals surface area contributed by atoms with E-state index in [1.54, 1.807) is 43.3 Å². The fourth-order valence-corrected chi connectivity index (χ4v) is 4.23. The second kappa shape index (κ2) is 10.5. The Hall–Kier alpha value is -3.69. The quantitative estimate of drug-likeness (QED) is 0.297. The fraction of sp³-hybridized carbons (Fsp3) is 0.115. The van der Waals surface area contributed by atoms with Crippen molar-refractivity contribution in [3.63, 3.8) is 0 Å². The molecule has 1 aliphatic rings. The van der Waals surface area contributed by atoms with E-state index >= 15 is 0 Å². The van der Waals surface area contributed by atoms with Crippen molar-refractivity contribution in [2.75, 3.05) is 12.0 Å². The molecule has 0 spiro atoms. The van der Waals surface area contributed by atoms with Crippen LogP contribution in [0.1, 0.15) is 16.7 Å². The first-order valence-electron chi connectivity index (χ1n) is 10.6. The molecule has 36 heavy (non-hydrogen) atoms. The number of urea groups is 1. The van der Waals surface area contributed by atoms with Gasteiger partial charge in [0.05, 0.1) is 17.3 Å². The van der Waals surface area contributed by atoms with Crippen molar-refractivity contribution in [3.8, 4) is 11.5 Å². The van der Waals surface area contributed by atoms with Crippen LogP contribution < -0.4 is 19.7 Å². The number of amides is 4. The van der Waals surface area contributed by atoms with Gasteiger partial charge >= 0.3 is 6.03 Å². The van der Waals surface area contributed by atoms with Gasteiger partial charge in [0.15, 0.2) is 11.5 Å². The van der Waals surface area contributed by atoms with Crippen LogP contribution in [0.15, 0.2) is 64.6 Å². The Morgan fingerprint density at radius 3 is 2.47 bits per heavy atom. The van der Waals surface area contributed by atoms with Crippen molar-refractivity contribution in [3.05, 3.63) is 92.2 Å². The number of barbiturate groups is 1. The lowest BCUT2D eigenvalue weighted by atomic mass is 10.1. The topological polar surface area (TPSA) is 84.9 Å². The minimum absolute atomic E-state index is 0.159. The smallest absolute Gasteiger partial charge is 0.335 e. The second-order valence-corrected chi connectivity index (χ2v) is 9.10. The minimum atomic E-state index is -0.870. The van der Waals surface area contributed by atoms with Crippen molar-refractivity contribution in [1.29, 1.82) is 0 Å². The van der Waals surface area contributed by atoms with Gasteiger partial charge < -0.3 is 9.47 Å². The number of carbonyl (C=O) groups excluding carboxylic acids is 3.